The Morgan fingerprint density at radius 1 is 1.11 bits per heavy atom. The van der Waals surface area contributed by atoms with Gasteiger partial charge in [-0.3, -0.25) is 4.79 Å². The van der Waals surface area contributed by atoms with Gasteiger partial charge < -0.3 is 24.4 Å². The average Bonchev–Trinajstić information content (AvgIpc) is 3.50. The Balaban J connectivity index is 1.52. The Hall–Kier alpha value is -4.43. The maximum Gasteiger partial charge on any atom is 0.248 e. The van der Waals surface area contributed by atoms with Gasteiger partial charge in [-0.05, 0) is 55.6 Å². The summed E-state index contributed by atoms with van der Waals surface area (Å²) < 4.78 is 11.0. The van der Waals surface area contributed by atoms with Gasteiger partial charge in [0.1, 0.15) is 11.4 Å². The van der Waals surface area contributed by atoms with E-state index in [4.69, 9.17) is 9.15 Å². The van der Waals surface area contributed by atoms with Crippen molar-refractivity contribution in [3.63, 3.8) is 0 Å². The number of nitrogens with zero attached hydrogens (tertiary/aromatic N) is 3. The van der Waals surface area contributed by atoms with Crippen LogP contribution < -0.4 is 10.1 Å². The summed E-state index contributed by atoms with van der Waals surface area (Å²) in [5.74, 6) is 0.438. The molecule has 0 aliphatic heterocycles. The van der Waals surface area contributed by atoms with E-state index in [0.717, 1.165) is 38.7 Å². The van der Waals surface area contributed by atoms with Gasteiger partial charge in [0.15, 0.2) is 0 Å². The lowest BCUT2D eigenvalue weighted by Crippen LogP contribution is -2.13. The number of amides is 1. The van der Waals surface area contributed by atoms with Crippen LogP contribution in [0.4, 0.5) is 5.69 Å². The van der Waals surface area contributed by atoms with Crippen LogP contribution in [0.15, 0.2) is 77.8 Å². The van der Waals surface area contributed by atoms with Gasteiger partial charge in [-0.1, -0.05) is 6.08 Å². The molecule has 0 unspecified atom stereocenters. The molecule has 35 heavy (non-hydrogen) atoms. The van der Waals surface area contributed by atoms with E-state index in [9.17, 15) is 4.79 Å². The minimum Gasteiger partial charge on any atom is -0.497 e. The molecule has 4 heterocycles. The third-order valence-electron chi connectivity index (χ3n) is 5.67. The number of carbonyl (C=O) groups is 1. The fourth-order valence-corrected chi connectivity index (χ4v) is 4.00. The number of rotatable bonds is 7. The second-order valence-electron chi connectivity index (χ2n) is 8.42. The lowest BCUT2D eigenvalue weighted by atomic mass is 10.0. The summed E-state index contributed by atoms with van der Waals surface area (Å²) in [5.41, 5.74) is 5.80. The fraction of sp³-hybridized carbons (Fsp3) is 0.148. The van der Waals surface area contributed by atoms with Crippen molar-refractivity contribution in [1.82, 2.24) is 19.9 Å². The Bertz CT molecular complexity index is 1550. The molecule has 0 saturated heterocycles. The third-order valence-corrected chi connectivity index (χ3v) is 5.67. The Morgan fingerprint density at radius 2 is 2.00 bits per heavy atom. The van der Waals surface area contributed by atoms with Crippen LogP contribution in [-0.4, -0.2) is 53.5 Å². The van der Waals surface area contributed by atoms with Gasteiger partial charge in [-0.25, -0.2) is 9.97 Å². The fourth-order valence-electron chi connectivity index (χ4n) is 4.00. The third kappa shape index (κ3) is 4.64. The van der Waals surface area contributed by atoms with Gasteiger partial charge in [-0.2, -0.15) is 0 Å². The quantitative estimate of drug-likeness (QED) is 0.323. The number of carbonyl (C=O) groups excluding carboxylic acids is 1. The Morgan fingerprint density at radius 3 is 2.83 bits per heavy atom. The van der Waals surface area contributed by atoms with Crippen LogP contribution in [0.5, 0.6) is 5.75 Å². The topological polar surface area (TPSA) is 96.3 Å². The number of aromatic nitrogens is 3. The van der Waals surface area contributed by atoms with Crippen molar-refractivity contribution in [3.05, 3.63) is 73.4 Å². The van der Waals surface area contributed by atoms with E-state index in [2.05, 4.69) is 26.3 Å². The SMILES string of the molecule is COc1cc(NC(=O)/C=C/CN(C)C)cc(-c2cnc3[nH]cc(-c4ccnc5occc45)c3c2)c1. The number of methoxy groups -OCH3 is 1. The number of H-pyrrole nitrogens is 1. The molecule has 0 spiro atoms. The highest BCUT2D eigenvalue weighted by Gasteiger charge is 2.14. The number of hydrogen-bond donors (Lipinski definition) is 2. The van der Waals surface area contributed by atoms with Crippen LogP contribution in [0.1, 0.15) is 0 Å². The number of benzene rings is 1. The second kappa shape index (κ2) is 9.44. The molecule has 176 valence electrons. The first-order chi connectivity index (χ1) is 17.0. The van der Waals surface area contributed by atoms with Gasteiger partial charge in [0.05, 0.1) is 13.4 Å². The first kappa shape index (κ1) is 22.4. The number of nitrogens with one attached hydrogen (secondary N) is 2. The minimum absolute atomic E-state index is 0.200. The van der Waals surface area contributed by atoms with Crippen LogP contribution in [-0.2, 0) is 4.79 Å². The van der Waals surface area contributed by atoms with Crippen molar-refractivity contribution in [3.8, 4) is 28.0 Å². The van der Waals surface area contributed by atoms with E-state index < -0.39 is 0 Å². The van der Waals surface area contributed by atoms with E-state index >= 15 is 0 Å². The number of pyridine rings is 2. The van der Waals surface area contributed by atoms with Crippen LogP contribution in [0.3, 0.4) is 0 Å². The van der Waals surface area contributed by atoms with Gasteiger partial charge >= 0.3 is 0 Å². The summed E-state index contributed by atoms with van der Waals surface area (Å²) in [5, 5.41) is 4.83. The van der Waals surface area contributed by atoms with Gasteiger partial charge in [-0.15, -0.1) is 0 Å². The highest BCUT2D eigenvalue weighted by atomic mass is 16.5. The van der Waals surface area contributed by atoms with Crippen LogP contribution >= 0.6 is 0 Å². The van der Waals surface area contributed by atoms with E-state index in [1.54, 1.807) is 31.8 Å². The zero-order valence-corrected chi connectivity index (χ0v) is 19.7. The molecular formula is C27H25N5O3. The first-order valence-corrected chi connectivity index (χ1v) is 11.1. The van der Waals surface area contributed by atoms with Crippen molar-refractivity contribution < 1.29 is 13.9 Å². The lowest BCUT2D eigenvalue weighted by molar-refractivity contribution is -0.111. The molecule has 5 rings (SSSR count). The molecule has 4 aromatic heterocycles. The molecule has 0 aliphatic carbocycles. The summed E-state index contributed by atoms with van der Waals surface area (Å²) in [7, 11) is 5.50. The molecule has 2 N–H and O–H groups in total. The molecule has 1 amide bonds. The predicted octanol–water partition coefficient (Wildman–Crippen LogP) is 5.10. The summed E-state index contributed by atoms with van der Waals surface area (Å²) in [6.07, 6.45) is 10.5. The summed E-state index contributed by atoms with van der Waals surface area (Å²) in [4.78, 5) is 26.5. The molecule has 8 heteroatoms. The van der Waals surface area contributed by atoms with Crippen LogP contribution in [0.25, 0.3) is 44.4 Å². The standard InChI is InChI=1S/C27H25N5O3/c1-32(2)9-4-5-25(33)31-19-11-17(12-20(14-19)34-3)18-13-23-24(16-30-26(23)29-15-18)21-6-8-28-27-22(21)7-10-35-27/h4-8,10-16H,9H2,1-3H3,(H,29,30)(H,31,33)/b5-4+. The lowest BCUT2D eigenvalue weighted by Gasteiger charge is -2.10. The molecule has 8 nitrogen and oxygen atoms in total. The molecule has 1 aromatic carbocycles. The number of likely N-dealkylation sites (N-methyl/N-ethyl adjacent to an activating group) is 1. The molecule has 0 aliphatic rings. The van der Waals surface area contributed by atoms with Gasteiger partial charge in [0.2, 0.25) is 11.6 Å². The van der Waals surface area contributed by atoms with Gasteiger partial charge in [0, 0.05) is 64.9 Å². The molecule has 0 radical (unpaired) electrons. The largest absolute Gasteiger partial charge is 0.497 e. The number of anilines is 1. The number of fused-ring (bicyclic) bond motifs is 2. The maximum atomic E-state index is 12.4. The van der Waals surface area contributed by atoms with Crippen LogP contribution in [0, 0.1) is 0 Å². The Kier molecular flexibility index (Phi) is 6.03. The summed E-state index contributed by atoms with van der Waals surface area (Å²) in [6.45, 7) is 0.685. The van der Waals surface area contributed by atoms with E-state index in [0.29, 0.717) is 23.7 Å². The zero-order valence-electron chi connectivity index (χ0n) is 19.7. The summed E-state index contributed by atoms with van der Waals surface area (Å²) in [6, 6.07) is 11.6. The predicted molar refractivity (Wildman–Crippen MR) is 137 cm³/mol. The molecule has 0 bridgehead atoms. The molecule has 5 aromatic rings. The minimum atomic E-state index is -0.200. The molecule has 0 saturated carbocycles. The number of ether oxygens (including phenoxy) is 1. The van der Waals surface area contributed by atoms with Crippen molar-refractivity contribution in [2.45, 2.75) is 0 Å². The zero-order chi connectivity index (χ0) is 24.4. The van der Waals surface area contributed by atoms with E-state index in [-0.39, 0.29) is 5.91 Å². The normalized spacial score (nSPS) is 11.7. The van der Waals surface area contributed by atoms with Crippen molar-refractivity contribution in [2.75, 3.05) is 33.1 Å². The smallest absolute Gasteiger partial charge is 0.248 e. The van der Waals surface area contributed by atoms with E-state index in [1.165, 1.54) is 6.08 Å². The maximum absolute atomic E-state index is 12.4. The second-order valence-corrected chi connectivity index (χ2v) is 8.42. The molecular weight excluding hydrogens is 442 g/mol. The number of furan rings is 1. The average molecular weight is 468 g/mol. The number of aromatic amines is 1. The Labute approximate surface area is 202 Å². The van der Waals surface area contributed by atoms with Crippen molar-refractivity contribution >= 4 is 33.7 Å². The number of hydrogen-bond acceptors (Lipinski definition) is 6. The van der Waals surface area contributed by atoms with Crippen molar-refractivity contribution in [1.29, 1.82) is 0 Å². The first-order valence-electron chi connectivity index (χ1n) is 11.1. The highest BCUT2D eigenvalue weighted by molar-refractivity contribution is 6.03. The van der Waals surface area contributed by atoms with Crippen LogP contribution in [0.2, 0.25) is 0 Å². The molecule has 0 atom stereocenters. The van der Waals surface area contributed by atoms with Crippen molar-refractivity contribution in [2.24, 2.45) is 0 Å². The van der Waals surface area contributed by atoms with E-state index in [1.807, 2.05) is 55.5 Å². The monoisotopic (exact) mass is 467 g/mol. The van der Waals surface area contributed by atoms with Gasteiger partial charge in [0.25, 0.3) is 0 Å². The summed E-state index contributed by atoms with van der Waals surface area (Å²) >= 11 is 0. The highest BCUT2D eigenvalue weighted by Crippen LogP contribution is 2.36. The molecule has 0 fully saturated rings.